The first kappa shape index (κ1) is 14.3. The Kier molecular flexibility index (Phi) is 4.57. The number of nitrogens with zero attached hydrogens (tertiary/aromatic N) is 1. The molecule has 0 radical (unpaired) electrons. The van der Waals surface area contributed by atoms with Crippen LogP contribution in [0.3, 0.4) is 0 Å². The van der Waals surface area contributed by atoms with Crippen molar-refractivity contribution in [3.8, 4) is 0 Å². The smallest absolute Gasteiger partial charge is 0.325 e. The second-order valence-electron chi connectivity index (χ2n) is 4.45. The Labute approximate surface area is 120 Å². The first-order chi connectivity index (χ1) is 9.52. The SMILES string of the molecule is Cc1cc(C)cc(NC(=O)CSc2ccnc(=O)[nH]2)c1. The maximum absolute atomic E-state index is 11.9. The lowest BCUT2D eigenvalue weighted by Crippen LogP contribution is -2.15. The third-order valence-corrected chi connectivity index (χ3v) is 3.47. The Morgan fingerprint density at radius 2 is 2.00 bits per heavy atom. The molecule has 0 atom stereocenters. The number of amides is 1. The van der Waals surface area contributed by atoms with Gasteiger partial charge in [0.25, 0.3) is 0 Å². The number of carbonyl (C=O) groups is 1. The summed E-state index contributed by atoms with van der Waals surface area (Å²) in [5.74, 6) is 0.116. The van der Waals surface area contributed by atoms with Gasteiger partial charge < -0.3 is 10.3 Å². The first-order valence-electron chi connectivity index (χ1n) is 6.09. The van der Waals surface area contributed by atoms with Crippen LogP contribution in [0.4, 0.5) is 5.69 Å². The fourth-order valence-corrected chi connectivity index (χ4v) is 2.50. The molecule has 6 heteroatoms. The lowest BCUT2D eigenvalue weighted by atomic mass is 10.1. The minimum Gasteiger partial charge on any atom is -0.325 e. The Hall–Kier alpha value is -2.08. The molecule has 1 amide bonds. The van der Waals surface area contributed by atoms with Crippen LogP contribution < -0.4 is 11.0 Å². The predicted molar refractivity (Wildman–Crippen MR) is 80.1 cm³/mol. The number of aromatic amines is 1. The summed E-state index contributed by atoms with van der Waals surface area (Å²) in [5.41, 5.74) is 2.58. The third-order valence-electron chi connectivity index (χ3n) is 2.51. The second kappa shape index (κ2) is 6.38. The number of nitrogens with one attached hydrogen (secondary N) is 2. The van der Waals surface area contributed by atoms with Crippen LogP contribution in [0, 0.1) is 13.8 Å². The molecule has 0 aliphatic rings. The Morgan fingerprint density at radius 1 is 1.30 bits per heavy atom. The molecule has 0 bridgehead atoms. The van der Waals surface area contributed by atoms with E-state index in [-0.39, 0.29) is 11.7 Å². The van der Waals surface area contributed by atoms with Gasteiger partial charge in [0.1, 0.15) is 0 Å². The van der Waals surface area contributed by atoms with E-state index in [4.69, 9.17) is 0 Å². The number of aromatic nitrogens is 2. The number of H-pyrrole nitrogens is 1. The van der Waals surface area contributed by atoms with Gasteiger partial charge in [-0.05, 0) is 43.2 Å². The Morgan fingerprint density at radius 3 is 2.65 bits per heavy atom. The Balaban J connectivity index is 1.94. The number of hydrogen-bond donors (Lipinski definition) is 2. The average Bonchev–Trinajstić information content (AvgIpc) is 2.35. The predicted octanol–water partition coefficient (Wildman–Crippen LogP) is 2.12. The molecule has 1 heterocycles. The van der Waals surface area contributed by atoms with Crippen molar-refractivity contribution in [3.05, 3.63) is 52.1 Å². The van der Waals surface area contributed by atoms with Crippen LogP contribution >= 0.6 is 11.8 Å². The zero-order valence-electron chi connectivity index (χ0n) is 11.3. The second-order valence-corrected chi connectivity index (χ2v) is 5.47. The minimum absolute atomic E-state index is 0.113. The van der Waals surface area contributed by atoms with Crippen molar-refractivity contribution in [2.75, 3.05) is 11.1 Å². The summed E-state index contributed by atoms with van der Waals surface area (Å²) in [6.07, 6.45) is 1.42. The molecule has 0 aliphatic heterocycles. The van der Waals surface area contributed by atoms with Gasteiger partial charge in [-0.15, -0.1) is 0 Å². The lowest BCUT2D eigenvalue weighted by molar-refractivity contribution is -0.113. The van der Waals surface area contributed by atoms with Crippen molar-refractivity contribution in [3.63, 3.8) is 0 Å². The number of rotatable bonds is 4. The molecular weight excluding hydrogens is 274 g/mol. The number of anilines is 1. The topological polar surface area (TPSA) is 74.8 Å². The molecule has 2 aromatic rings. The van der Waals surface area contributed by atoms with Crippen molar-refractivity contribution in [2.24, 2.45) is 0 Å². The van der Waals surface area contributed by atoms with Gasteiger partial charge >= 0.3 is 5.69 Å². The highest BCUT2D eigenvalue weighted by atomic mass is 32.2. The maximum Gasteiger partial charge on any atom is 0.345 e. The van der Waals surface area contributed by atoms with Crippen LogP contribution in [0.2, 0.25) is 0 Å². The van der Waals surface area contributed by atoms with E-state index >= 15 is 0 Å². The largest absolute Gasteiger partial charge is 0.345 e. The fourth-order valence-electron chi connectivity index (χ4n) is 1.82. The molecule has 104 valence electrons. The van der Waals surface area contributed by atoms with Crippen LogP contribution in [0.1, 0.15) is 11.1 Å². The highest BCUT2D eigenvalue weighted by molar-refractivity contribution is 7.99. The van der Waals surface area contributed by atoms with Gasteiger partial charge in [-0.2, -0.15) is 0 Å². The molecule has 0 spiro atoms. The van der Waals surface area contributed by atoms with Crippen LogP contribution in [0.25, 0.3) is 0 Å². The number of hydrogen-bond acceptors (Lipinski definition) is 4. The van der Waals surface area contributed by atoms with Gasteiger partial charge in [-0.3, -0.25) is 4.79 Å². The molecule has 0 fully saturated rings. The van der Waals surface area contributed by atoms with Crippen LogP contribution in [0.15, 0.2) is 40.3 Å². The van der Waals surface area contributed by atoms with Crippen molar-refractivity contribution >= 4 is 23.4 Å². The van der Waals surface area contributed by atoms with E-state index < -0.39 is 5.69 Å². The average molecular weight is 289 g/mol. The lowest BCUT2D eigenvalue weighted by Gasteiger charge is -2.07. The van der Waals surface area contributed by atoms with Gasteiger partial charge in [-0.25, -0.2) is 9.78 Å². The molecule has 0 unspecified atom stereocenters. The van der Waals surface area contributed by atoms with Gasteiger partial charge in [0, 0.05) is 11.9 Å². The molecule has 0 saturated carbocycles. The van der Waals surface area contributed by atoms with Gasteiger partial charge in [0.2, 0.25) is 5.91 Å². The molecule has 2 rings (SSSR count). The van der Waals surface area contributed by atoms with Crippen LogP contribution in [-0.2, 0) is 4.79 Å². The van der Waals surface area contributed by atoms with Crippen LogP contribution in [0.5, 0.6) is 0 Å². The van der Waals surface area contributed by atoms with Crippen molar-refractivity contribution in [1.29, 1.82) is 0 Å². The first-order valence-corrected chi connectivity index (χ1v) is 7.08. The van der Waals surface area contributed by atoms with Crippen LogP contribution in [-0.4, -0.2) is 21.6 Å². The van der Waals surface area contributed by atoms with Gasteiger partial charge in [0.05, 0.1) is 10.8 Å². The third kappa shape index (κ3) is 4.24. The molecular formula is C14H15N3O2S. The molecule has 20 heavy (non-hydrogen) atoms. The Bertz CT molecular complexity index is 662. The molecule has 2 N–H and O–H groups in total. The monoisotopic (exact) mass is 289 g/mol. The van der Waals surface area contributed by atoms with Gasteiger partial charge in [0.15, 0.2) is 0 Å². The standard InChI is InChI=1S/C14H15N3O2S/c1-9-5-10(2)7-11(6-9)16-12(18)8-20-13-3-4-15-14(19)17-13/h3-7H,8H2,1-2H3,(H,16,18)(H,15,17,19). The summed E-state index contributed by atoms with van der Waals surface area (Å²) >= 11 is 1.26. The zero-order chi connectivity index (χ0) is 14.5. The summed E-state index contributed by atoms with van der Waals surface area (Å²) in [4.78, 5) is 29.0. The highest BCUT2D eigenvalue weighted by Crippen LogP contribution is 2.16. The highest BCUT2D eigenvalue weighted by Gasteiger charge is 2.05. The van der Waals surface area contributed by atoms with Crippen molar-refractivity contribution in [1.82, 2.24) is 9.97 Å². The summed E-state index contributed by atoms with van der Waals surface area (Å²) < 4.78 is 0. The van der Waals surface area contributed by atoms with E-state index in [0.717, 1.165) is 16.8 Å². The number of aryl methyl sites for hydroxylation is 2. The van der Waals surface area contributed by atoms with E-state index in [1.807, 2.05) is 32.0 Å². The molecule has 5 nitrogen and oxygen atoms in total. The number of carbonyl (C=O) groups excluding carboxylic acids is 1. The molecule has 0 saturated heterocycles. The molecule has 1 aromatic carbocycles. The summed E-state index contributed by atoms with van der Waals surface area (Å²) in [6, 6.07) is 7.55. The summed E-state index contributed by atoms with van der Waals surface area (Å²) in [7, 11) is 0. The van der Waals surface area contributed by atoms with E-state index in [9.17, 15) is 9.59 Å². The minimum atomic E-state index is -0.412. The zero-order valence-corrected chi connectivity index (χ0v) is 12.1. The summed E-state index contributed by atoms with van der Waals surface area (Å²) in [5, 5.41) is 3.47. The van der Waals surface area contributed by atoms with E-state index in [2.05, 4.69) is 15.3 Å². The molecule has 0 aliphatic carbocycles. The quantitative estimate of drug-likeness (QED) is 0.668. The molecule has 1 aromatic heterocycles. The number of benzene rings is 1. The maximum atomic E-state index is 11.9. The summed E-state index contributed by atoms with van der Waals surface area (Å²) in [6.45, 7) is 3.97. The van der Waals surface area contributed by atoms with E-state index in [0.29, 0.717) is 5.03 Å². The normalized spacial score (nSPS) is 10.3. The van der Waals surface area contributed by atoms with Crippen molar-refractivity contribution in [2.45, 2.75) is 18.9 Å². The van der Waals surface area contributed by atoms with Crippen molar-refractivity contribution < 1.29 is 4.79 Å². The number of thioether (sulfide) groups is 1. The van der Waals surface area contributed by atoms with Gasteiger partial charge in [-0.1, -0.05) is 17.8 Å². The van der Waals surface area contributed by atoms with E-state index in [1.54, 1.807) is 6.07 Å². The fraction of sp³-hybridized carbons (Fsp3) is 0.214. The van der Waals surface area contributed by atoms with E-state index in [1.165, 1.54) is 18.0 Å².